The van der Waals surface area contributed by atoms with E-state index < -0.39 is 0 Å². The Hall–Kier alpha value is -2.87. The summed E-state index contributed by atoms with van der Waals surface area (Å²) in [7, 11) is 1.83. The van der Waals surface area contributed by atoms with Crippen molar-refractivity contribution in [3.8, 4) is 11.8 Å². The van der Waals surface area contributed by atoms with E-state index in [9.17, 15) is 0 Å². The van der Waals surface area contributed by atoms with Gasteiger partial charge in [0.25, 0.3) is 0 Å². The summed E-state index contributed by atoms with van der Waals surface area (Å²) in [6.07, 6.45) is 1.41. The fraction of sp³-hybridized carbons (Fsp3) is 0.0714. The second-order valence-electron chi connectivity index (χ2n) is 3.96. The largest absolute Gasteiger partial charge is 0.382 e. The molecular weight excluding hydrogens is 238 g/mol. The van der Waals surface area contributed by atoms with Crippen LogP contribution in [0.2, 0.25) is 0 Å². The van der Waals surface area contributed by atoms with E-state index in [1.165, 1.54) is 6.33 Å². The van der Waals surface area contributed by atoms with Crippen molar-refractivity contribution in [2.24, 2.45) is 7.05 Å². The van der Waals surface area contributed by atoms with Crippen LogP contribution in [0, 0.1) is 11.8 Å². The van der Waals surface area contributed by atoms with Gasteiger partial charge in [-0.3, -0.25) is 0 Å². The van der Waals surface area contributed by atoms with Crippen LogP contribution in [-0.4, -0.2) is 19.5 Å². The first-order chi connectivity index (χ1) is 9.65. The van der Waals surface area contributed by atoms with Crippen LogP contribution in [0.25, 0.3) is 11.2 Å². The summed E-state index contributed by atoms with van der Waals surface area (Å²) in [5.41, 5.74) is 7.80. The lowest BCUT2D eigenvalue weighted by molar-refractivity contribution is 0.908. The van der Waals surface area contributed by atoms with Crippen molar-refractivity contribution in [2.45, 2.75) is 0 Å². The van der Waals surface area contributed by atoms with Gasteiger partial charge in [-0.1, -0.05) is 24.1 Å². The lowest BCUT2D eigenvalue weighted by atomic mass is 10.2. The highest BCUT2D eigenvalue weighted by molar-refractivity contribution is 5.82. The van der Waals surface area contributed by atoms with E-state index in [2.05, 4.69) is 26.8 Å². The molecule has 1 aromatic carbocycles. The van der Waals surface area contributed by atoms with E-state index in [1.54, 1.807) is 28.8 Å². The third-order valence-electron chi connectivity index (χ3n) is 2.72. The molecule has 0 atom stereocenters. The van der Waals surface area contributed by atoms with E-state index in [-0.39, 0.29) is 0 Å². The molecule has 92 valence electrons. The summed E-state index contributed by atoms with van der Waals surface area (Å²) in [6, 6.07) is 7.45. The van der Waals surface area contributed by atoms with E-state index in [0.717, 1.165) is 5.56 Å². The second-order valence-corrected chi connectivity index (χ2v) is 3.96. The number of nitrogens with two attached hydrogens (primary N) is 1. The molecule has 3 rings (SSSR count). The van der Waals surface area contributed by atoms with Crippen LogP contribution in [-0.2, 0) is 7.05 Å². The fourth-order valence-electron chi connectivity index (χ4n) is 1.73. The molecule has 0 aliphatic carbocycles. The van der Waals surface area contributed by atoms with Gasteiger partial charge in [-0.2, -0.15) is 0 Å². The molecule has 0 saturated carbocycles. The zero-order valence-corrected chi connectivity index (χ0v) is 10.3. The number of nitrogen functional groups attached to an aromatic ring is 1. The van der Waals surface area contributed by atoms with E-state index in [4.69, 9.17) is 7.10 Å². The van der Waals surface area contributed by atoms with Gasteiger partial charge in [-0.05, 0) is 18.1 Å². The third-order valence-corrected chi connectivity index (χ3v) is 2.72. The molecule has 19 heavy (non-hydrogen) atoms. The highest BCUT2D eigenvalue weighted by atomic mass is 15.1. The van der Waals surface area contributed by atoms with Gasteiger partial charge in [0, 0.05) is 12.6 Å². The number of aromatic nitrogens is 4. The molecule has 5 heteroatoms. The molecule has 0 aliphatic rings. The molecule has 2 heterocycles. The highest BCUT2D eigenvalue weighted by Gasteiger charge is 2.09. The average Bonchev–Trinajstić information content (AvgIpc) is 2.77. The molecule has 0 fully saturated rings. The standard InChI is InChI=1S/C14H11N5/c1-19-11(8-7-10-5-3-2-4-6-10)18-12-13(15)16-9-17-14(12)19/h2-6,9H,1H3,(H2,15,16,17)/i2T. The van der Waals surface area contributed by atoms with Gasteiger partial charge in [0.15, 0.2) is 22.8 Å². The molecule has 5 nitrogen and oxygen atoms in total. The van der Waals surface area contributed by atoms with Gasteiger partial charge in [-0.15, -0.1) is 0 Å². The number of anilines is 1. The van der Waals surface area contributed by atoms with Crippen LogP contribution in [0.4, 0.5) is 5.82 Å². The molecule has 0 aliphatic heterocycles. The third kappa shape index (κ3) is 2.00. The normalized spacial score (nSPS) is 10.9. The van der Waals surface area contributed by atoms with Crippen molar-refractivity contribution in [1.82, 2.24) is 19.5 Å². The summed E-state index contributed by atoms with van der Waals surface area (Å²) in [4.78, 5) is 12.4. The number of hydrogen-bond donors (Lipinski definition) is 1. The minimum atomic E-state index is 0.345. The Morgan fingerprint density at radius 2 is 2.05 bits per heavy atom. The molecule has 3 aromatic rings. The van der Waals surface area contributed by atoms with Crippen LogP contribution < -0.4 is 5.73 Å². The van der Waals surface area contributed by atoms with Crippen molar-refractivity contribution >= 4 is 17.0 Å². The number of imidazole rings is 1. The smallest absolute Gasteiger partial charge is 0.187 e. The van der Waals surface area contributed by atoms with Crippen LogP contribution in [0.15, 0.2) is 36.6 Å². The molecule has 0 spiro atoms. The Morgan fingerprint density at radius 3 is 2.79 bits per heavy atom. The van der Waals surface area contributed by atoms with Crippen LogP contribution in [0.5, 0.6) is 0 Å². The summed E-state index contributed by atoms with van der Waals surface area (Å²) in [6.45, 7) is 0. The van der Waals surface area contributed by atoms with Crippen LogP contribution in [0.1, 0.15) is 12.8 Å². The van der Waals surface area contributed by atoms with Crippen LogP contribution in [0.3, 0.4) is 0 Å². The summed E-state index contributed by atoms with van der Waals surface area (Å²) in [5, 5.41) is 0. The number of fused-ring (bicyclic) bond motifs is 1. The Labute approximate surface area is 111 Å². The molecular formula is C14H11N5. The highest BCUT2D eigenvalue weighted by Crippen LogP contribution is 2.15. The molecule has 0 unspecified atom stereocenters. The predicted molar refractivity (Wildman–Crippen MR) is 73.1 cm³/mol. The van der Waals surface area contributed by atoms with Gasteiger partial charge in [-0.25, -0.2) is 15.0 Å². The minimum absolute atomic E-state index is 0.345. The number of aryl methyl sites for hydroxylation is 1. The average molecular weight is 251 g/mol. The fourth-order valence-corrected chi connectivity index (χ4v) is 1.73. The summed E-state index contributed by atoms with van der Waals surface area (Å²) < 4.78 is 9.20. The molecule has 2 aromatic heterocycles. The number of benzene rings is 1. The monoisotopic (exact) mass is 251 g/mol. The van der Waals surface area contributed by atoms with E-state index >= 15 is 0 Å². The number of nitrogens with zero attached hydrogens (tertiary/aromatic N) is 4. The molecule has 0 radical (unpaired) electrons. The molecule has 0 saturated heterocycles. The van der Waals surface area contributed by atoms with Crippen molar-refractivity contribution < 1.29 is 1.37 Å². The quantitative estimate of drug-likeness (QED) is 0.612. The van der Waals surface area contributed by atoms with E-state index in [1.807, 2.05) is 7.05 Å². The van der Waals surface area contributed by atoms with Crippen LogP contribution >= 0.6 is 0 Å². The SMILES string of the molecule is [3H]c1ccc(C#Cc2nc3c(N)ncnc3n2C)cc1. The van der Waals surface area contributed by atoms with Gasteiger partial charge < -0.3 is 10.3 Å². The molecule has 2 N–H and O–H groups in total. The van der Waals surface area contributed by atoms with Gasteiger partial charge in [0.2, 0.25) is 0 Å². The van der Waals surface area contributed by atoms with Crippen molar-refractivity contribution in [2.75, 3.05) is 5.73 Å². The first-order valence-corrected chi connectivity index (χ1v) is 5.67. The summed E-state index contributed by atoms with van der Waals surface area (Å²) >= 11 is 0. The predicted octanol–water partition coefficient (Wildman–Crippen LogP) is 1.35. The van der Waals surface area contributed by atoms with Crippen molar-refractivity contribution in [3.05, 3.63) is 48.0 Å². The van der Waals surface area contributed by atoms with Gasteiger partial charge in [0.1, 0.15) is 6.33 Å². The zero-order chi connectivity index (χ0) is 14.1. The van der Waals surface area contributed by atoms with E-state index in [0.29, 0.717) is 28.8 Å². The first kappa shape index (κ1) is 10.1. The number of rotatable bonds is 0. The Morgan fingerprint density at radius 1 is 1.26 bits per heavy atom. The maximum atomic E-state index is 7.43. The second kappa shape index (κ2) is 4.42. The van der Waals surface area contributed by atoms with Crippen molar-refractivity contribution in [1.29, 1.82) is 0 Å². The van der Waals surface area contributed by atoms with Gasteiger partial charge in [0.05, 0.1) is 1.37 Å². The van der Waals surface area contributed by atoms with Gasteiger partial charge >= 0.3 is 0 Å². The lowest BCUT2D eigenvalue weighted by Crippen LogP contribution is -1.95. The van der Waals surface area contributed by atoms with Crippen molar-refractivity contribution in [3.63, 3.8) is 0 Å². The lowest BCUT2D eigenvalue weighted by Gasteiger charge is -1.94. The summed E-state index contributed by atoms with van der Waals surface area (Å²) in [5.74, 6) is 6.90. The zero-order valence-electron chi connectivity index (χ0n) is 11.3. The Bertz CT molecular complexity index is 840. The molecule has 0 bridgehead atoms. The Kier molecular flexibility index (Phi) is 2.35. The first-order valence-electron chi connectivity index (χ1n) is 6.17. The maximum absolute atomic E-state index is 7.43. The number of hydrogen-bond acceptors (Lipinski definition) is 4. The maximum Gasteiger partial charge on any atom is 0.187 e. The topological polar surface area (TPSA) is 69.6 Å². The minimum Gasteiger partial charge on any atom is -0.382 e. The molecule has 0 amide bonds. The Balaban J connectivity index is 2.06.